The van der Waals surface area contributed by atoms with Crippen molar-refractivity contribution in [2.24, 2.45) is 5.92 Å². The first-order valence-electron chi connectivity index (χ1n) is 6.81. The third-order valence-corrected chi connectivity index (χ3v) is 3.97. The molecule has 0 saturated heterocycles. The molecule has 0 bridgehead atoms. The second kappa shape index (κ2) is 5.33. The van der Waals surface area contributed by atoms with Gasteiger partial charge in [0.05, 0.1) is 0 Å². The highest BCUT2D eigenvalue weighted by Crippen LogP contribution is 2.47. The lowest BCUT2D eigenvalue weighted by molar-refractivity contribution is 0.274. The molecule has 1 fully saturated rings. The minimum Gasteiger partial charge on any atom is -0.396 e. The van der Waals surface area contributed by atoms with Crippen molar-refractivity contribution in [3.05, 3.63) is 70.8 Å². The van der Waals surface area contributed by atoms with E-state index in [9.17, 15) is 8.78 Å². The first kappa shape index (κ1) is 13.3. The molecule has 0 spiro atoms. The molecule has 3 rings (SSSR count). The van der Waals surface area contributed by atoms with Gasteiger partial charge in [-0.1, -0.05) is 30.3 Å². The topological polar surface area (TPSA) is 20.2 Å². The van der Waals surface area contributed by atoms with Gasteiger partial charge in [0.15, 0.2) is 0 Å². The molecule has 3 heteroatoms. The molecule has 0 aromatic heterocycles. The molecule has 0 amide bonds. The number of aliphatic hydroxyl groups is 1. The van der Waals surface area contributed by atoms with Crippen LogP contribution in [0.5, 0.6) is 0 Å². The van der Waals surface area contributed by atoms with Gasteiger partial charge in [-0.05, 0) is 41.5 Å². The molecule has 2 atom stereocenters. The molecule has 0 aliphatic heterocycles. The maximum atomic E-state index is 14.1. The van der Waals surface area contributed by atoms with E-state index in [0.717, 1.165) is 12.0 Å². The van der Waals surface area contributed by atoms with E-state index in [1.807, 2.05) is 30.3 Å². The first-order valence-corrected chi connectivity index (χ1v) is 6.81. The normalized spacial score (nSPS) is 20.9. The summed E-state index contributed by atoms with van der Waals surface area (Å²) in [6, 6.07) is 12.1. The van der Waals surface area contributed by atoms with Crippen LogP contribution in [0.1, 0.15) is 29.0 Å². The van der Waals surface area contributed by atoms with Gasteiger partial charge >= 0.3 is 0 Å². The highest BCUT2D eigenvalue weighted by molar-refractivity contribution is 5.35. The van der Waals surface area contributed by atoms with Crippen molar-refractivity contribution in [3.8, 4) is 0 Å². The molecule has 104 valence electrons. The Bertz CT molecular complexity index is 587. The van der Waals surface area contributed by atoms with Crippen LogP contribution in [-0.4, -0.2) is 11.7 Å². The van der Waals surface area contributed by atoms with E-state index < -0.39 is 11.6 Å². The maximum Gasteiger partial charge on any atom is 0.129 e. The van der Waals surface area contributed by atoms with Gasteiger partial charge in [-0.2, -0.15) is 0 Å². The minimum atomic E-state index is -0.493. The van der Waals surface area contributed by atoms with Gasteiger partial charge in [0.2, 0.25) is 0 Å². The Balaban J connectivity index is 1.86. The molecule has 20 heavy (non-hydrogen) atoms. The first-order chi connectivity index (χ1) is 9.69. The Morgan fingerprint density at radius 3 is 2.25 bits per heavy atom. The predicted molar refractivity (Wildman–Crippen MR) is 73.5 cm³/mol. The fourth-order valence-corrected chi connectivity index (χ4v) is 2.66. The van der Waals surface area contributed by atoms with E-state index in [2.05, 4.69) is 0 Å². The van der Waals surface area contributed by atoms with Gasteiger partial charge in [0.25, 0.3) is 0 Å². The fourth-order valence-electron chi connectivity index (χ4n) is 2.66. The van der Waals surface area contributed by atoms with Crippen molar-refractivity contribution in [2.45, 2.75) is 18.8 Å². The molecule has 1 N–H and O–H groups in total. The number of halogens is 2. The second-order valence-corrected chi connectivity index (χ2v) is 5.41. The number of hydrogen-bond acceptors (Lipinski definition) is 1. The van der Waals surface area contributed by atoms with E-state index in [1.54, 1.807) is 0 Å². The Hall–Kier alpha value is -1.74. The Kier molecular flexibility index (Phi) is 3.53. The van der Waals surface area contributed by atoms with E-state index in [-0.39, 0.29) is 30.4 Å². The molecule has 1 nitrogen and oxygen atoms in total. The van der Waals surface area contributed by atoms with Gasteiger partial charge < -0.3 is 5.11 Å². The average Bonchev–Trinajstić information content (AvgIpc) is 3.23. The Morgan fingerprint density at radius 1 is 1.05 bits per heavy atom. The van der Waals surface area contributed by atoms with Crippen LogP contribution in [0.4, 0.5) is 8.78 Å². The summed E-state index contributed by atoms with van der Waals surface area (Å²) in [7, 11) is 0. The number of rotatable bonds is 4. The van der Waals surface area contributed by atoms with Crippen LogP contribution in [0.3, 0.4) is 0 Å². The molecule has 1 saturated carbocycles. The maximum absolute atomic E-state index is 14.1. The van der Waals surface area contributed by atoms with Gasteiger partial charge in [-0.3, -0.25) is 0 Å². The molecule has 2 aromatic carbocycles. The van der Waals surface area contributed by atoms with Crippen LogP contribution >= 0.6 is 0 Å². The zero-order chi connectivity index (χ0) is 14.1. The van der Waals surface area contributed by atoms with Crippen molar-refractivity contribution in [1.82, 2.24) is 0 Å². The third kappa shape index (κ3) is 2.59. The quantitative estimate of drug-likeness (QED) is 0.902. The number of hydrogen-bond donors (Lipinski definition) is 1. The lowest BCUT2D eigenvalue weighted by atomic mass is 10.00. The summed E-state index contributed by atoms with van der Waals surface area (Å²) in [6.07, 6.45) is 1.07. The van der Waals surface area contributed by atoms with E-state index in [0.29, 0.717) is 5.56 Å². The highest BCUT2D eigenvalue weighted by Gasteiger charge is 2.38. The molecule has 1 aliphatic carbocycles. The zero-order valence-electron chi connectivity index (χ0n) is 11.0. The summed E-state index contributed by atoms with van der Waals surface area (Å²) in [4.78, 5) is 0. The monoisotopic (exact) mass is 274 g/mol. The predicted octanol–water partition coefficient (Wildman–Crippen LogP) is 3.65. The standard InChI is InChI=1S/C17H16F2O/c18-16-8-12(14-7-13(14)10-20)9-17(19)15(16)6-11-4-2-1-3-5-11/h1-5,8-9,13-14,20H,6-7,10H2. The van der Waals surface area contributed by atoms with Crippen LogP contribution in [-0.2, 0) is 6.42 Å². The molecule has 1 aliphatic rings. The van der Waals surface area contributed by atoms with Crippen LogP contribution in [0.2, 0.25) is 0 Å². The smallest absolute Gasteiger partial charge is 0.129 e. The number of benzene rings is 2. The van der Waals surface area contributed by atoms with E-state index in [4.69, 9.17) is 5.11 Å². The van der Waals surface area contributed by atoms with Crippen molar-refractivity contribution in [2.75, 3.05) is 6.61 Å². The molecule has 0 radical (unpaired) electrons. The van der Waals surface area contributed by atoms with Crippen LogP contribution in [0, 0.1) is 17.6 Å². The molecule has 2 aromatic rings. The van der Waals surface area contributed by atoms with Crippen molar-refractivity contribution in [1.29, 1.82) is 0 Å². The van der Waals surface area contributed by atoms with Crippen LogP contribution in [0.25, 0.3) is 0 Å². The summed E-state index contributed by atoms with van der Waals surface area (Å²) in [5, 5.41) is 9.04. The van der Waals surface area contributed by atoms with E-state index in [1.165, 1.54) is 12.1 Å². The summed E-state index contributed by atoms with van der Waals surface area (Å²) in [5.41, 5.74) is 1.66. The van der Waals surface area contributed by atoms with Crippen molar-refractivity contribution in [3.63, 3.8) is 0 Å². The largest absolute Gasteiger partial charge is 0.396 e. The summed E-state index contributed by atoms with van der Waals surface area (Å²) < 4.78 is 28.2. The zero-order valence-corrected chi connectivity index (χ0v) is 11.0. The summed E-state index contributed by atoms with van der Waals surface area (Å²) >= 11 is 0. The Morgan fingerprint density at radius 2 is 1.70 bits per heavy atom. The molecular weight excluding hydrogens is 258 g/mol. The SMILES string of the molecule is OCC1CC1c1cc(F)c(Cc2ccccc2)c(F)c1. The van der Waals surface area contributed by atoms with Crippen molar-refractivity contribution < 1.29 is 13.9 Å². The van der Waals surface area contributed by atoms with Crippen LogP contribution < -0.4 is 0 Å². The number of aliphatic hydroxyl groups excluding tert-OH is 1. The molecule has 2 unspecified atom stereocenters. The third-order valence-electron chi connectivity index (χ3n) is 3.97. The minimum absolute atomic E-state index is 0.0830. The molecular formula is C17H16F2O. The van der Waals surface area contributed by atoms with Gasteiger partial charge in [-0.15, -0.1) is 0 Å². The van der Waals surface area contributed by atoms with Gasteiger partial charge in [-0.25, -0.2) is 8.78 Å². The fraction of sp³-hybridized carbons (Fsp3) is 0.294. The summed E-state index contributed by atoms with van der Waals surface area (Å²) in [6.45, 7) is 0.0830. The summed E-state index contributed by atoms with van der Waals surface area (Å²) in [5.74, 6) is -0.719. The lowest BCUT2D eigenvalue weighted by Crippen LogP contribution is -2.00. The van der Waals surface area contributed by atoms with Gasteiger partial charge in [0.1, 0.15) is 11.6 Å². The van der Waals surface area contributed by atoms with Crippen LogP contribution in [0.15, 0.2) is 42.5 Å². The average molecular weight is 274 g/mol. The van der Waals surface area contributed by atoms with Crippen molar-refractivity contribution >= 4 is 0 Å². The Labute approximate surface area is 116 Å². The van der Waals surface area contributed by atoms with E-state index >= 15 is 0 Å². The lowest BCUT2D eigenvalue weighted by Gasteiger charge is -2.08. The molecule has 0 heterocycles. The second-order valence-electron chi connectivity index (χ2n) is 5.41. The van der Waals surface area contributed by atoms with Gasteiger partial charge in [0, 0.05) is 18.6 Å². The highest BCUT2D eigenvalue weighted by atomic mass is 19.1.